The first kappa shape index (κ1) is 14.2. The van der Waals surface area contributed by atoms with Crippen LogP contribution in [-0.4, -0.2) is 6.98 Å². The second kappa shape index (κ2) is 5.93. The van der Waals surface area contributed by atoms with Crippen LogP contribution in [0.3, 0.4) is 0 Å². The molecule has 6 heteroatoms. The van der Waals surface area contributed by atoms with E-state index in [1.807, 2.05) is 0 Å². The number of rotatable bonds is 2. The Kier molecular flexibility index (Phi) is 6.02. The van der Waals surface area contributed by atoms with Crippen molar-refractivity contribution in [3.8, 4) is 6.07 Å². The first-order valence-electron chi connectivity index (χ1n) is 3.71. The monoisotopic (exact) mass is 223 g/mol. The van der Waals surface area contributed by atoms with Gasteiger partial charge in [0.25, 0.3) is 0 Å². The topological polar surface area (TPSA) is 23.8 Å². The molecule has 0 spiro atoms. The summed E-state index contributed by atoms with van der Waals surface area (Å²) in [4.78, 5) is 0. The van der Waals surface area contributed by atoms with Gasteiger partial charge in [0.2, 0.25) is 0 Å². The van der Waals surface area contributed by atoms with E-state index in [2.05, 4.69) is 0 Å². The van der Waals surface area contributed by atoms with Gasteiger partial charge in [0.1, 0.15) is 0 Å². The summed E-state index contributed by atoms with van der Waals surface area (Å²) >= 11 is 0. The molecule has 0 aliphatic carbocycles. The van der Waals surface area contributed by atoms with Crippen LogP contribution in [0.15, 0.2) is 24.3 Å². The average Bonchev–Trinajstić information content (AvgIpc) is 2.01. The van der Waals surface area contributed by atoms with Gasteiger partial charge in [0.05, 0.1) is 11.6 Å². The van der Waals surface area contributed by atoms with Crippen LogP contribution >= 0.6 is 0 Å². The maximum Gasteiger partial charge on any atom is 1.00 e. The zero-order valence-electron chi connectivity index (χ0n) is 7.67. The van der Waals surface area contributed by atoms with Crippen LogP contribution < -0.4 is 51.4 Å². The van der Waals surface area contributed by atoms with Crippen LogP contribution in [0.2, 0.25) is 0 Å². The molecule has 0 atom stereocenters. The predicted molar refractivity (Wildman–Crippen MR) is 43.9 cm³/mol. The first-order valence-corrected chi connectivity index (χ1v) is 3.71. The van der Waals surface area contributed by atoms with E-state index >= 15 is 0 Å². The fraction of sp³-hybridized carbons (Fsp3) is 0.125. The van der Waals surface area contributed by atoms with Crippen LogP contribution in [0.25, 0.3) is 0 Å². The van der Waals surface area contributed by atoms with Crippen LogP contribution in [0.1, 0.15) is 11.1 Å². The molecule has 1 aromatic carbocycles. The molecule has 68 valence electrons. The van der Waals surface area contributed by atoms with Gasteiger partial charge in [-0.3, -0.25) is 0 Å². The molecule has 0 saturated heterocycles. The molecule has 0 unspecified atom stereocenters. The fourth-order valence-corrected chi connectivity index (χ4v) is 1.04. The third kappa shape index (κ3) is 5.17. The van der Waals surface area contributed by atoms with E-state index in [0.29, 0.717) is 0 Å². The molecule has 1 nitrogen and oxygen atoms in total. The normalized spacial score (nSPS) is 10.1. The van der Waals surface area contributed by atoms with Crippen LogP contribution in [0.4, 0.5) is 12.9 Å². The van der Waals surface area contributed by atoms with Crippen LogP contribution in [0.5, 0.6) is 0 Å². The second-order valence-corrected chi connectivity index (χ2v) is 2.73. The molecule has 0 saturated carbocycles. The summed E-state index contributed by atoms with van der Waals surface area (Å²) in [5.74, 6) is 0. The SMILES string of the molecule is N#Cc1cccc(C[B-](F)(F)F)c1.[K+]. The van der Waals surface area contributed by atoms with Gasteiger partial charge >= 0.3 is 58.4 Å². The molecule has 0 aliphatic heterocycles. The van der Waals surface area contributed by atoms with Crippen molar-refractivity contribution in [1.29, 1.82) is 5.26 Å². The fourth-order valence-electron chi connectivity index (χ4n) is 1.04. The standard InChI is InChI=1S/C8H6BF3N.K/c10-9(11,12)5-7-2-1-3-8(4-7)6-13;/h1-4H,5H2;/q-1;+1. The summed E-state index contributed by atoms with van der Waals surface area (Å²) in [6.45, 7) is -4.81. The predicted octanol–water partition coefficient (Wildman–Crippen LogP) is -0.509. The molecule has 0 radical (unpaired) electrons. The molecule has 1 aromatic rings. The minimum atomic E-state index is -4.81. The largest absolute Gasteiger partial charge is 1.00 e. The summed E-state index contributed by atoms with van der Waals surface area (Å²) in [6.07, 6.45) is -0.921. The van der Waals surface area contributed by atoms with Gasteiger partial charge in [-0.1, -0.05) is 24.0 Å². The Morgan fingerprint density at radius 1 is 1.29 bits per heavy atom. The van der Waals surface area contributed by atoms with Gasteiger partial charge in [0.15, 0.2) is 0 Å². The number of benzene rings is 1. The summed E-state index contributed by atoms with van der Waals surface area (Å²) in [7, 11) is 0. The molecular formula is C8H6BF3KN. The van der Waals surface area contributed by atoms with Crippen LogP contribution in [0, 0.1) is 11.3 Å². The Morgan fingerprint density at radius 2 is 1.93 bits per heavy atom. The van der Waals surface area contributed by atoms with E-state index in [1.165, 1.54) is 24.3 Å². The van der Waals surface area contributed by atoms with Crippen LogP contribution in [-0.2, 0) is 6.32 Å². The van der Waals surface area contributed by atoms with Gasteiger partial charge in [0, 0.05) is 0 Å². The molecule has 0 fully saturated rings. The third-order valence-corrected chi connectivity index (χ3v) is 1.52. The number of halogens is 3. The van der Waals surface area contributed by atoms with Crippen molar-refractivity contribution < 1.29 is 64.3 Å². The summed E-state index contributed by atoms with van der Waals surface area (Å²) in [5.41, 5.74) is 0.407. The van der Waals surface area contributed by atoms with Crippen molar-refractivity contribution >= 4 is 6.98 Å². The molecule has 0 bridgehead atoms. The van der Waals surface area contributed by atoms with Gasteiger partial charge in [-0.05, 0) is 12.1 Å². The quantitative estimate of drug-likeness (QED) is 0.619. The Bertz CT molecular complexity index is 345. The Hall–Kier alpha value is 0.201. The zero-order chi connectivity index (χ0) is 9.90. The summed E-state index contributed by atoms with van der Waals surface area (Å²) in [5, 5.41) is 8.43. The Balaban J connectivity index is 0.00000169. The van der Waals surface area contributed by atoms with E-state index in [4.69, 9.17) is 5.26 Å². The maximum atomic E-state index is 12.0. The van der Waals surface area contributed by atoms with E-state index in [9.17, 15) is 12.9 Å². The minimum absolute atomic E-state index is 0. The molecular weight excluding hydrogens is 217 g/mol. The van der Waals surface area contributed by atoms with E-state index in [-0.39, 0.29) is 62.5 Å². The number of hydrogen-bond acceptors (Lipinski definition) is 1. The molecule has 0 N–H and O–H groups in total. The summed E-state index contributed by atoms with van der Waals surface area (Å²) in [6, 6.07) is 7.36. The number of nitriles is 1. The van der Waals surface area contributed by atoms with Crippen molar-refractivity contribution in [2.75, 3.05) is 0 Å². The van der Waals surface area contributed by atoms with E-state index in [0.717, 1.165) is 0 Å². The molecule has 0 amide bonds. The molecule has 0 aliphatic rings. The van der Waals surface area contributed by atoms with Crippen molar-refractivity contribution in [3.05, 3.63) is 35.4 Å². The Labute approximate surface area is 123 Å². The van der Waals surface area contributed by atoms with Crippen molar-refractivity contribution in [2.24, 2.45) is 0 Å². The van der Waals surface area contributed by atoms with E-state index < -0.39 is 13.3 Å². The van der Waals surface area contributed by atoms with Crippen molar-refractivity contribution in [3.63, 3.8) is 0 Å². The van der Waals surface area contributed by atoms with Crippen molar-refractivity contribution in [1.82, 2.24) is 0 Å². The molecule has 14 heavy (non-hydrogen) atoms. The van der Waals surface area contributed by atoms with Crippen molar-refractivity contribution in [2.45, 2.75) is 6.32 Å². The molecule has 1 rings (SSSR count). The minimum Gasteiger partial charge on any atom is -0.449 e. The number of nitrogens with zero attached hydrogens (tertiary/aromatic N) is 1. The Morgan fingerprint density at radius 3 is 2.43 bits per heavy atom. The van der Waals surface area contributed by atoms with Gasteiger partial charge in [-0.2, -0.15) is 5.26 Å². The maximum absolute atomic E-state index is 12.0. The van der Waals surface area contributed by atoms with Gasteiger partial charge < -0.3 is 12.9 Å². The third-order valence-electron chi connectivity index (χ3n) is 1.52. The molecule has 0 heterocycles. The van der Waals surface area contributed by atoms with E-state index in [1.54, 1.807) is 6.07 Å². The summed E-state index contributed by atoms with van der Waals surface area (Å²) < 4.78 is 35.9. The first-order chi connectivity index (χ1) is 6.01. The second-order valence-electron chi connectivity index (χ2n) is 2.73. The smallest absolute Gasteiger partial charge is 0.449 e. The zero-order valence-corrected chi connectivity index (χ0v) is 10.8. The van der Waals surface area contributed by atoms with Gasteiger partial charge in [-0.25, -0.2) is 0 Å². The average molecular weight is 223 g/mol. The molecule has 0 aromatic heterocycles. The van der Waals surface area contributed by atoms with Gasteiger partial charge in [-0.15, -0.1) is 0 Å². The number of hydrogen-bond donors (Lipinski definition) is 0.